The summed E-state index contributed by atoms with van der Waals surface area (Å²) in [4.78, 5) is 34.9. The Morgan fingerprint density at radius 2 is 1.68 bits per heavy atom. The number of aryl methyl sites for hydroxylation is 1. The van der Waals surface area contributed by atoms with Crippen molar-refractivity contribution < 1.29 is 9.59 Å². The minimum atomic E-state index is -0.242. The molecule has 3 aromatic rings. The van der Waals surface area contributed by atoms with Gasteiger partial charge in [-0.15, -0.1) is 0 Å². The van der Waals surface area contributed by atoms with Crippen molar-refractivity contribution in [1.29, 1.82) is 5.26 Å². The minimum absolute atomic E-state index is 0.0236. The summed E-state index contributed by atoms with van der Waals surface area (Å²) >= 11 is 1.95. The van der Waals surface area contributed by atoms with Crippen LogP contribution in [0, 0.1) is 18.3 Å². The predicted molar refractivity (Wildman–Crippen MR) is 152 cm³/mol. The van der Waals surface area contributed by atoms with E-state index < -0.39 is 0 Å². The number of carbonyl (C=O) groups excluding carboxylic acids is 2. The lowest BCUT2D eigenvalue weighted by molar-refractivity contribution is 0.0712. The van der Waals surface area contributed by atoms with E-state index in [0.717, 1.165) is 48.8 Å². The standard InChI is InChI=1S/C30H31N5O2S/c1-21-2-5-25(30(37)35-12-10-24(11-13-35)23-6-3-22(19-31)4-7-23)18-27(21)33-29(36)26-8-9-28(32-20-26)34-14-16-38-17-15-34/h2-9,18,20,24H,10-17H2,1H3,(H,33,36). The normalized spacial score (nSPS) is 16.1. The van der Waals surface area contributed by atoms with Crippen molar-refractivity contribution >= 4 is 35.1 Å². The Morgan fingerprint density at radius 3 is 2.34 bits per heavy atom. The average molecular weight is 526 g/mol. The molecule has 0 atom stereocenters. The van der Waals surface area contributed by atoms with Gasteiger partial charge in [-0.25, -0.2) is 4.98 Å². The van der Waals surface area contributed by atoms with Crippen LogP contribution in [0.5, 0.6) is 0 Å². The van der Waals surface area contributed by atoms with Gasteiger partial charge in [0, 0.05) is 55.1 Å². The first-order chi connectivity index (χ1) is 18.5. The van der Waals surface area contributed by atoms with Gasteiger partial charge in [0.15, 0.2) is 0 Å². The number of thioether (sulfide) groups is 1. The molecule has 1 aromatic heterocycles. The first kappa shape index (κ1) is 25.8. The van der Waals surface area contributed by atoms with Crippen molar-refractivity contribution in [3.05, 3.63) is 88.6 Å². The summed E-state index contributed by atoms with van der Waals surface area (Å²) in [6.07, 6.45) is 3.38. The van der Waals surface area contributed by atoms with Gasteiger partial charge in [-0.3, -0.25) is 9.59 Å². The molecule has 3 heterocycles. The number of carbonyl (C=O) groups is 2. The number of hydrogen-bond donors (Lipinski definition) is 1. The number of pyridine rings is 1. The quantitative estimate of drug-likeness (QED) is 0.499. The number of likely N-dealkylation sites (tertiary alicyclic amines) is 1. The van der Waals surface area contributed by atoms with Gasteiger partial charge in [-0.05, 0) is 73.2 Å². The number of nitriles is 1. The largest absolute Gasteiger partial charge is 0.355 e. The lowest BCUT2D eigenvalue weighted by atomic mass is 9.89. The Labute approximate surface area is 227 Å². The van der Waals surface area contributed by atoms with E-state index in [-0.39, 0.29) is 11.8 Å². The van der Waals surface area contributed by atoms with E-state index in [0.29, 0.717) is 41.4 Å². The van der Waals surface area contributed by atoms with Crippen LogP contribution in [0.1, 0.15) is 56.2 Å². The Kier molecular flexibility index (Phi) is 7.94. The fourth-order valence-electron chi connectivity index (χ4n) is 5.01. The first-order valence-electron chi connectivity index (χ1n) is 13.0. The van der Waals surface area contributed by atoms with Gasteiger partial charge in [0.2, 0.25) is 0 Å². The number of anilines is 2. The van der Waals surface area contributed by atoms with Crippen molar-refractivity contribution in [3.63, 3.8) is 0 Å². The maximum atomic E-state index is 13.3. The van der Waals surface area contributed by atoms with Crippen LogP contribution < -0.4 is 10.2 Å². The molecule has 2 aliphatic heterocycles. The third-order valence-corrected chi connectivity index (χ3v) is 8.31. The summed E-state index contributed by atoms with van der Waals surface area (Å²) in [6.45, 7) is 5.20. The number of nitrogens with zero attached hydrogens (tertiary/aromatic N) is 4. The van der Waals surface area contributed by atoms with Crippen molar-refractivity contribution in [2.24, 2.45) is 0 Å². The molecule has 2 aliphatic rings. The summed E-state index contributed by atoms with van der Waals surface area (Å²) in [6, 6.07) is 19.1. The number of aromatic nitrogens is 1. The van der Waals surface area contributed by atoms with E-state index in [1.807, 2.05) is 72.1 Å². The van der Waals surface area contributed by atoms with Crippen molar-refractivity contribution in [2.45, 2.75) is 25.7 Å². The third-order valence-electron chi connectivity index (χ3n) is 7.37. The van der Waals surface area contributed by atoms with Gasteiger partial charge in [0.1, 0.15) is 5.82 Å². The van der Waals surface area contributed by atoms with Gasteiger partial charge < -0.3 is 15.1 Å². The molecule has 194 valence electrons. The number of hydrogen-bond acceptors (Lipinski definition) is 6. The van der Waals surface area contributed by atoms with E-state index in [4.69, 9.17) is 5.26 Å². The number of piperidine rings is 1. The van der Waals surface area contributed by atoms with Crippen LogP contribution in [-0.2, 0) is 0 Å². The second-order valence-electron chi connectivity index (χ2n) is 9.79. The van der Waals surface area contributed by atoms with Crippen LogP contribution in [0.2, 0.25) is 0 Å². The van der Waals surface area contributed by atoms with Crippen molar-refractivity contribution in [1.82, 2.24) is 9.88 Å². The molecule has 0 spiro atoms. The Balaban J connectivity index is 1.21. The highest BCUT2D eigenvalue weighted by atomic mass is 32.2. The molecule has 1 N–H and O–H groups in total. The van der Waals surface area contributed by atoms with Gasteiger partial charge in [0.25, 0.3) is 11.8 Å². The second kappa shape index (κ2) is 11.7. The maximum Gasteiger partial charge on any atom is 0.257 e. The van der Waals surface area contributed by atoms with Gasteiger partial charge in [-0.1, -0.05) is 18.2 Å². The topological polar surface area (TPSA) is 89.3 Å². The Morgan fingerprint density at radius 1 is 0.974 bits per heavy atom. The Bertz CT molecular complexity index is 1340. The lowest BCUT2D eigenvalue weighted by Crippen LogP contribution is -2.38. The highest BCUT2D eigenvalue weighted by Gasteiger charge is 2.25. The smallest absolute Gasteiger partial charge is 0.257 e. The van der Waals surface area contributed by atoms with E-state index in [1.54, 1.807) is 12.3 Å². The van der Waals surface area contributed by atoms with Crippen LogP contribution >= 0.6 is 11.8 Å². The highest BCUT2D eigenvalue weighted by Crippen LogP contribution is 2.29. The van der Waals surface area contributed by atoms with Gasteiger partial charge in [-0.2, -0.15) is 17.0 Å². The van der Waals surface area contributed by atoms with Crippen molar-refractivity contribution in [2.75, 3.05) is 47.9 Å². The average Bonchev–Trinajstić information content (AvgIpc) is 2.98. The molecule has 2 saturated heterocycles. The molecule has 0 aliphatic carbocycles. The number of amides is 2. The monoisotopic (exact) mass is 525 g/mol. The summed E-state index contributed by atoms with van der Waals surface area (Å²) in [7, 11) is 0. The zero-order valence-electron chi connectivity index (χ0n) is 21.5. The molecule has 8 heteroatoms. The minimum Gasteiger partial charge on any atom is -0.355 e. The molecule has 5 rings (SSSR count). The van der Waals surface area contributed by atoms with Crippen LogP contribution in [0.4, 0.5) is 11.5 Å². The summed E-state index contributed by atoms with van der Waals surface area (Å²) in [5.74, 6) is 3.20. The van der Waals surface area contributed by atoms with Crippen LogP contribution in [0.25, 0.3) is 0 Å². The third kappa shape index (κ3) is 5.84. The fourth-order valence-corrected chi connectivity index (χ4v) is 5.92. The van der Waals surface area contributed by atoms with Gasteiger partial charge >= 0.3 is 0 Å². The number of nitrogens with one attached hydrogen (secondary N) is 1. The lowest BCUT2D eigenvalue weighted by Gasteiger charge is -2.32. The van der Waals surface area contributed by atoms with E-state index in [2.05, 4.69) is 21.3 Å². The molecule has 0 saturated carbocycles. The van der Waals surface area contributed by atoms with Crippen LogP contribution in [0.3, 0.4) is 0 Å². The van der Waals surface area contributed by atoms with Crippen LogP contribution in [-0.4, -0.2) is 59.4 Å². The summed E-state index contributed by atoms with van der Waals surface area (Å²) < 4.78 is 0. The fraction of sp³-hybridized carbons (Fsp3) is 0.333. The zero-order valence-corrected chi connectivity index (χ0v) is 22.3. The molecule has 0 radical (unpaired) electrons. The number of benzene rings is 2. The van der Waals surface area contributed by atoms with E-state index in [1.165, 1.54) is 5.56 Å². The maximum absolute atomic E-state index is 13.3. The molecule has 0 bridgehead atoms. The molecule has 38 heavy (non-hydrogen) atoms. The second-order valence-corrected chi connectivity index (χ2v) is 11.0. The molecule has 7 nitrogen and oxygen atoms in total. The Hall–Kier alpha value is -3.83. The molecule has 2 amide bonds. The molecular formula is C30H31N5O2S. The number of rotatable bonds is 5. The SMILES string of the molecule is Cc1ccc(C(=O)N2CCC(c3ccc(C#N)cc3)CC2)cc1NC(=O)c1ccc(N2CCSCC2)nc1. The predicted octanol–water partition coefficient (Wildman–Crippen LogP) is 5.09. The van der Waals surface area contributed by atoms with Crippen LogP contribution in [0.15, 0.2) is 60.8 Å². The summed E-state index contributed by atoms with van der Waals surface area (Å²) in [5.41, 5.74) is 4.46. The highest BCUT2D eigenvalue weighted by molar-refractivity contribution is 7.99. The zero-order chi connectivity index (χ0) is 26.5. The molecule has 0 unspecified atom stereocenters. The van der Waals surface area contributed by atoms with E-state index in [9.17, 15) is 9.59 Å². The first-order valence-corrected chi connectivity index (χ1v) is 14.2. The van der Waals surface area contributed by atoms with Gasteiger partial charge in [0.05, 0.1) is 17.2 Å². The molecule has 2 aromatic carbocycles. The summed E-state index contributed by atoms with van der Waals surface area (Å²) in [5, 5.41) is 12.0. The molecular weight excluding hydrogens is 494 g/mol. The van der Waals surface area contributed by atoms with E-state index >= 15 is 0 Å². The molecule has 2 fully saturated rings. The van der Waals surface area contributed by atoms with Crippen molar-refractivity contribution in [3.8, 4) is 6.07 Å².